The van der Waals surface area contributed by atoms with Gasteiger partial charge in [-0.05, 0) is 96.8 Å². The molecule has 18 nitrogen and oxygen atoms in total. The highest BCUT2D eigenvalue weighted by molar-refractivity contribution is 7.13. The average molecular weight is 1210 g/mol. The first-order chi connectivity index (χ1) is 40.2. The third kappa shape index (κ3) is 13.4. The molecule has 0 radical (unpaired) electrons. The number of fused-ring (bicyclic) bond motifs is 3. The largest absolute Gasteiger partial charge is 0.391 e. The number of aromatic nitrogens is 1. The zero-order chi connectivity index (χ0) is 59.9. The van der Waals surface area contributed by atoms with Crippen LogP contribution in [0.1, 0.15) is 117 Å². The molecule has 2 spiro atoms. The Morgan fingerprint density at radius 1 is 0.881 bits per heavy atom. The molecule has 22 heteroatoms. The van der Waals surface area contributed by atoms with Gasteiger partial charge in [0, 0.05) is 59.3 Å². The summed E-state index contributed by atoms with van der Waals surface area (Å²) in [6.45, 7) is 10.7. The molecule has 84 heavy (non-hydrogen) atoms. The predicted octanol–water partition coefficient (Wildman–Crippen LogP) is 8.39. The van der Waals surface area contributed by atoms with Crippen LogP contribution < -0.4 is 31.9 Å². The van der Waals surface area contributed by atoms with Gasteiger partial charge in [0.2, 0.25) is 29.5 Å². The zero-order valence-electron chi connectivity index (χ0n) is 47.8. The van der Waals surface area contributed by atoms with E-state index in [1.165, 1.54) is 11.0 Å². The molecule has 1 aromatic heterocycles. The Kier molecular flexibility index (Phi) is 19.9. The molecule has 9 rings (SSSR count). The number of carbonyl (C=O) groups is 6. The zero-order valence-corrected chi connectivity index (χ0v) is 50.1. The molecule has 3 fully saturated rings. The quantitative estimate of drug-likeness (QED) is 0.0324. The van der Waals surface area contributed by atoms with Crippen molar-refractivity contribution in [2.75, 3.05) is 63.4 Å². The first kappa shape index (κ1) is 62.2. The number of benzene rings is 4. The van der Waals surface area contributed by atoms with Crippen LogP contribution in [0.3, 0.4) is 0 Å². The number of hydrogen-bond acceptors (Lipinski definition) is 13. The number of carbonyl (C=O) groups excluding carboxylic acids is 6. The Morgan fingerprint density at radius 3 is 2.25 bits per heavy atom. The second-order valence-electron chi connectivity index (χ2n) is 23.1. The Morgan fingerprint density at radius 2 is 1.57 bits per heavy atom. The molecule has 1 unspecified atom stereocenters. The third-order valence-corrected chi connectivity index (χ3v) is 18.0. The summed E-state index contributed by atoms with van der Waals surface area (Å²) < 4.78 is 33.2. The Labute approximate surface area is 502 Å². The van der Waals surface area contributed by atoms with E-state index in [9.17, 15) is 33.9 Å². The number of ether oxygens (including phenoxy) is 3. The molecule has 1 saturated carbocycles. The molecular weight excluding hydrogens is 1140 g/mol. The molecule has 0 bridgehead atoms. The van der Waals surface area contributed by atoms with Crippen LogP contribution in [0.15, 0.2) is 90.4 Å². The summed E-state index contributed by atoms with van der Waals surface area (Å²) in [5.41, 5.74) is 3.75. The number of thiazole rings is 1. The summed E-state index contributed by atoms with van der Waals surface area (Å²) in [6.07, 6.45) is 2.87. The summed E-state index contributed by atoms with van der Waals surface area (Å²) in [6, 6.07) is 20.8. The number of aryl methyl sites for hydroxylation is 1. The lowest BCUT2D eigenvalue weighted by Crippen LogP contribution is -2.60. The van der Waals surface area contributed by atoms with Crippen molar-refractivity contribution >= 4 is 81.4 Å². The Bertz CT molecular complexity index is 3210. The van der Waals surface area contributed by atoms with E-state index >= 15 is 4.39 Å². The van der Waals surface area contributed by atoms with E-state index in [1.807, 2.05) is 58.9 Å². The molecule has 7 atom stereocenters. The molecule has 4 aliphatic rings. The minimum Gasteiger partial charge on any atom is -0.391 e. The fraction of sp³-hybridized carbons (Fsp3) is 0.468. The van der Waals surface area contributed by atoms with Gasteiger partial charge >= 0.3 is 0 Å². The number of amides is 6. The van der Waals surface area contributed by atoms with E-state index in [4.69, 9.17) is 37.4 Å². The maximum Gasteiger partial charge on any atom is 0.251 e. The monoisotopic (exact) mass is 1210 g/mol. The van der Waals surface area contributed by atoms with E-state index in [-0.39, 0.29) is 99.9 Å². The van der Waals surface area contributed by atoms with Crippen LogP contribution in [0, 0.1) is 18.2 Å². The predicted molar refractivity (Wildman–Crippen MR) is 319 cm³/mol. The van der Waals surface area contributed by atoms with Gasteiger partial charge in [-0.2, -0.15) is 0 Å². The summed E-state index contributed by atoms with van der Waals surface area (Å²) in [7, 11) is 0. The van der Waals surface area contributed by atoms with E-state index in [0.29, 0.717) is 40.4 Å². The van der Waals surface area contributed by atoms with Gasteiger partial charge < -0.3 is 50.8 Å². The molecule has 7 N–H and O–H groups in total. The van der Waals surface area contributed by atoms with Crippen molar-refractivity contribution in [2.45, 2.75) is 127 Å². The minimum absolute atomic E-state index is 0.0233. The second kappa shape index (κ2) is 26.9. The second-order valence-corrected chi connectivity index (χ2v) is 24.8. The molecule has 2 saturated heterocycles. The van der Waals surface area contributed by atoms with Gasteiger partial charge in [-0.15, -0.1) is 11.3 Å². The van der Waals surface area contributed by atoms with E-state index < -0.39 is 70.1 Å². The molecule has 6 amide bonds. The third-order valence-electron chi connectivity index (χ3n) is 16.5. The van der Waals surface area contributed by atoms with Crippen molar-refractivity contribution in [1.82, 2.24) is 31.2 Å². The fourth-order valence-corrected chi connectivity index (χ4v) is 13.6. The van der Waals surface area contributed by atoms with Crippen LogP contribution in [0.25, 0.3) is 10.4 Å². The number of hydrogen-bond donors (Lipinski definition) is 7. The molecule has 448 valence electrons. The van der Waals surface area contributed by atoms with E-state index in [2.05, 4.69) is 36.9 Å². The van der Waals surface area contributed by atoms with Crippen molar-refractivity contribution in [3.05, 3.63) is 134 Å². The van der Waals surface area contributed by atoms with Gasteiger partial charge in [0.25, 0.3) is 5.91 Å². The smallest absolute Gasteiger partial charge is 0.251 e. The number of anilines is 2. The van der Waals surface area contributed by atoms with Gasteiger partial charge in [0.15, 0.2) is 0 Å². The lowest BCUT2D eigenvalue weighted by molar-refractivity contribution is -0.144. The lowest BCUT2D eigenvalue weighted by Gasteiger charge is -2.47. The number of aliphatic hydroxyl groups excluding tert-OH is 1. The Balaban J connectivity index is 0.674. The number of aliphatic hydroxyl groups is 1. The number of halogens is 3. The highest BCUT2D eigenvalue weighted by Crippen LogP contribution is 2.63. The summed E-state index contributed by atoms with van der Waals surface area (Å²) >= 11 is 14.4. The van der Waals surface area contributed by atoms with Crippen LogP contribution >= 0.6 is 34.5 Å². The van der Waals surface area contributed by atoms with Crippen molar-refractivity contribution in [3.63, 3.8) is 0 Å². The first-order valence-electron chi connectivity index (χ1n) is 28.6. The maximum absolute atomic E-state index is 16.3. The minimum atomic E-state index is -1.38. The summed E-state index contributed by atoms with van der Waals surface area (Å²) in [5, 5.41) is 29.3. The van der Waals surface area contributed by atoms with Gasteiger partial charge in [-0.3, -0.25) is 34.1 Å². The van der Waals surface area contributed by atoms with Crippen molar-refractivity contribution in [1.29, 1.82) is 0 Å². The summed E-state index contributed by atoms with van der Waals surface area (Å²) in [4.78, 5) is 90.0. The van der Waals surface area contributed by atoms with E-state index in [1.54, 1.807) is 71.4 Å². The first-order valence-corrected chi connectivity index (χ1v) is 30.2. The highest BCUT2D eigenvalue weighted by atomic mass is 35.5. The standard InChI is InChI=1S/C62H73Cl2FN8O10S/c1-36(38-12-14-39(15-13-38)53-37(2)67-35-84-53)68-56(77)48-33-43(74)34-73(48)58(79)54(60(3,4)5)71-49(75)22-26-81-28-30-83-31-29-82-27-25-66-55(76)40-16-19-42(20-17-40)69-57(78)52-50(44-10-9-11-46(64)51(44)65)62(61(72-52)23-7-6-8-24-61)45-21-18-41(63)32-47(45)70-59(62)80/h9-21,32,35-36,43,48,50,52,54,72,74H,6-8,22-31,33-34H2,1-5H3,(H,66,76)(H,68,77)(H,69,78)(H,70,80)(H,71,75)/t36-,43+,48-,50-,52+,54?,62+/m0/s1. The van der Waals surface area contributed by atoms with Gasteiger partial charge in [0.1, 0.15) is 23.3 Å². The molecule has 5 aromatic rings. The topological polar surface area (TPSA) is 239 Å². The lowest BCUT2D eigenvalue weighted by atomic mass is 9.55. The maximum atomic E-state index is 16.3. The number of nitrogens with one attached hydrogen (secondary N) is 6. The summed E-state index contributed by atoms with van der Waals surface area (Å²) in [5.74, 6) is -4.11. The number of nitrogens with zero attached hydrogens (tertiary/aromatic N) is 2. The molecule has 4 heterocycles. The highest BCUT2D eigenvalue weighted by Gasteiger charge is 2.72. The van der Waals surface area contributed by atoms with Gasteiger partial charge in [-0.25, -0.2) is 9.37 Å². The van der Waals surface area contributed by atoms with Crippen LogP contribution in [-0.2, 0) is 43.6 Å². The van der Waals surface area contributed by atoms with Crippen molar-refractivity contribution in [2.24, 2.45) is 5.41 Å². The Hall–Kier alpha value is -6.36. The number of likely N-dealkylation sites (tertiary alicyclic amines) is 1. The molecule has 3 aliphatic heterocycles. The van der Waals surface area contributed by atoms with Crippen LogP contribution in [0.5, 0.6) is 0 Å². The fourth-order valence-electron chi connectivity index (χ4n) is 12.4. The van der Waals surface area contributed by atoms with Crippen LogP contribution in [0.2, 0.25) is 10.0 Å². The van der Waals surface area contributed by atoms with Gasteiger partial charge in [0.05, 0.1) is 78.9 Å². The molecule has 4 aromatic carbocycles. The van der Waals surface area contributed by atoms with Crippen LogP contribution in [0.4, 0.5) is 15.8 Å². The average Bonchev–Trinajstić information content (AvgIpc) is 1.51. The normalized spacial score (nSPS) is 21.4. The van der Waals surface area contributed by atoms with Crippen molar-refractivity contribution < 1.29 is 52.5 Å². The molecule has 1 aliphatic carbocycles. The van der Waals surface area contributed by atoms with E-state index in [0.717, 1.165) is 41.0 Å². The van der Waals surface area contributed by atoms with Crippen LogP contribution in [-0.4, -0.2) is 133 Å². The SMILES string of the molecule is Cc1ncsc1-c1ccc([C@H](C)NC(=O)[C@@H]2C[C@@H](O)CN2C(=O)C(NC(=O)CCOCCOCCOCCNC(=O)c2ccc(NC(=O)[C@@H]3NC4(CCCCC4)[C@@]4(C(=O)Nc5cc(Cl)ccc54)[C@H]3c3cccc(Cl)c3F)cc2)C(C)(C)C)cc1. The number of β-amino-alcohol motifs (C(OH)–C–C–N with tert-alkyl or cyclic N) is 1. The van der Waals surface area contributed by atoms with Crippen molar-refractivity contribution in [3.8, 4) is 10.4 Å². The number of rotatable bonds is 22. The molecular formula is C62H73Cl2FN8O10S. The van der Waals surface area contributed by atoms with Gasteiger partial charge in [-0.1, -0.05) is 106 Å².